The predicted octanol–water partition coefficient (Wildman–Crippen LogP) is 16.9. The van der Waals surface area contributed by atoms with Crippen molar-refractivity contribution in [3.63, 3.8) is 0 Å². The summed E-state index contributed by atoms with van der Waals surface area (Å²) in [7, 11) is 0. The van der Waals surface area contributed by atoms with Gasteiger partial charge in [0.1, 0.15) is 11.2 Å². The highest BCUT2D eigenvalue weighted by atomic mass is 16.3. The first kappa shape index (κ1) is 42.6. The average Bonchev–Trinajstić information content (AvgIpc) is 4.13. The van der Waals surface area contributed by atoms with Crippen LogP contribution in [0.1, 0.15) is 26.3 Å². The Bertz CT molecular complexity index is 4380. The van der Waals surface area contributed by atoms with E-state index in [0.717, 1.165) is 50.1 Å². The van der Waals surface area contributed by atoms with Crippen molar-refractivity contribution in [1.82, 2.24) is 4.57 Å². The van der Waals surface area contributed by atoms with Crippen LogP contribution < -0.4 is 21.3 Å². The summed E-state index contributed by atoms with van der Waals surface area (Å²) in [4.78, 5) is 2.60. The number of hydrogen-bond donors (Lipinski definition) is 0. The molecule has 11 aromatic carbocycles. The SMILES string of the molecule is CC(C)(C)c1ccc2oc3cc4c(cc3c2c1)N(c1ccc(-c2ccccc2)cc1-c1ccccc1)c1cc(-c2ccccc2)cc2c1B4c1cc(-c3ccccc3)cc3c4cc(-c5ccccc5)ccc4n-2c13. The van der Waals surface area contributed by atoms with Gasteiger partial charge in [0.15, 0.2) is 0 Å². The molecule has 4 heteroatoms. The molecule has 0 N–H and O–H groups in total. The average molecular weight is 945 g/mol. The fourth-order valence-electron chi connectivity index (χ4n) is 12.3. The Balaban J connectivity index is 1.11. The maximum Gasteiger partial charge on any atom is 0.252 e. The van der Waals surface area contributed by atoms with Gasteiger partial charge in [-0.1, -0.05) is 197 Å². The van der Waals surface area contributed by atoms with Crippen LogP contribution in [0.25, 0.3) is 105 Å². The van der Waals surface area contributed by atoms with Crippen molar-refractivity contribution in [2.45, 2.75) is 26.2 Å². The number of hydrogen-bond acceptors (Lipinski definition) is 2. The summed E-state index contributed by atoms with van der Waals surface area (Å²) in [6.45, 7) is 6.73. The lowest BCUT2D eigenvalue weighted by molar-refractivity contribution is 0.590. The third-order valence-corrected chi connectivity index (χ3v) is 15.9. The van der Waals surface area contributed by atoms with Crippen LogP contribution in [0, 0.1) is 0 Å². The van der Waals surface area contributed by atoms with Crippen LogP contribution in [-0.2, 0) is 5.41 Å². The molecule has 0 saturated heterocycles. The smallest absolute Gasteiger partial charge is 0.252 e. The molecule has 0 spiro atoms. The van der Waals surface area contributed by atoms with Crippen LogP contribution >= 0.6 is 0 Å². The first-order valence-electron chi connectivity index (χ1n) is 25.8. The van der Waals surface area contributed by atoms with Gasteiger partial charge in [0.05, 0.1) is 11.2 Å². The second kappa shape index (κ2) is 16.2. The van der Waals surface area contributed by atoms with E-state index >= 15 is 0 Å². The minimum Gasteiger partial charge on any atom is -0.456 e. The summed E-state index contributed by atoms with van der Waals surface area (Å²) in [5, 5.41) is 4.73. The molecule has 2 aromatic heterocycles. The number of rotatable bonds is 6. The first-order chi connectivity index (χ1) is 36.3. The third kappa shape index (κ3) is 6.54. The summed E-state index contributed by atoms with van der Waals surface area (Å²) in [5.74, 6) is 0. The number of nitrogens with zero attached hydrogens (tertiary/aromatic N) is 2. The Kier molecular flexibility index (Phi) is 9.32. The van der Waals surface area contributed by atoms with Crippen LogP contribution in [-0.4, -0.2) is 11.3 Å². The van der Waals surface area contributed by atoms with Gasteiger partial charge in [-0.2, -0.15) is 0 Å². The number of aromatic nitrogens is 1. The van der Waals surface area contributed by atoms with Crippen molar-refractivity contribution in [3.05, 3.63) is 248 Å². The highest BCUT2D eigenvalue weighted by Gasteiger charge is 2.44. The fraction of sp³-hybridized carbons (Fsp3) is 0.0571. The quantitative estimate of drug-likeness (QED) is 0.155. The van der Waals surface area contributed by atoms with Crippen LogP contribution in [0.5, 0.6) is 0 Å². The molecule has 348 valence electrons. The number of benzene rings is 11. The summed E-state index contributed by atoms with van der Waals surface area (Å²) in [5.41, 5.74) is 25.7. The predicted molar refractivity (Wildman–Crippen MR) is 313 cm³/mol. The van der Waals surface area contributed by atoms with E-state index in [0.29, 0.717) is 0 Å². The van der Waals surface area contributed by atoms with E-state index in [4.69, 9.17) is 4.42 Å². The van der Waals surface area contributed by atoms with Crippen molar-refractivity contribution in [3.8, 4) is 61.3 Å². The molecule has 0 atom stereocenters. The molecule has 13 aromatic rings. The van der Waals surface area contributed by atoms with Crippen molar-refractivity contribution < 1.29 is 4.42 Å². The minimum absolute atomic E-state index is 0.0378. The van der Waals surface area contributed by atoms with Crippen LogP contribution in [0.15, 0.2) is 247 Å². The van der Waals surface area contributed by atoms with E-state index in [1.807, 2.05) is 0 Å². The molecule has 74 heavy (non-hydrogen) atoms. The van der Waals surface area contributed by atoms with Gasteiger partial charge in [-0.05, 0) is 144 Å². The lowest BCUT2D eigenvalue weighted by Gasteiger charge is -2.41. The van der Waals surface area contributed by atoms with Gasteiger partial charge in [-0.3, -0.25) is 0 Å². The first-order valence-corrected chi connectivity index (χ1v) is 25.8. The number of furan rings is 1. The monoisotopic (exact) mass is 944 g/mol. The Labute approximate surface area is 431 Å². The second-order valence-electron chi connectivity index (χ2n) is 21.3. The van der Waals surface area contributed by atoms with Gasteiger partial charge in [0.2, 0.25) is 0 Å². The van der Waals surface area contributed by atoms with Gasteiger partial charge in [0.25, 0.3) is 6.71 Å². The van der Waals surface area contributed by atoms with Crippen molar-refractivity contribution in [2.24, 2.45) is 0 Å². The fourth-order valence-corrected chi connectivity index (χ4v) is 12.3. The van der Waals surface area contributed by atoms with Gasteiger partial charge in [-0.25, -0.2) is 0 Å². The molecule has 0 fully saturated rings. The third-order valence-electron chi connectivity index (χ3n) is 15.9. The molecule has 0 bridgehead atoms. The summed E-state index contributed by atoms with van der Waals surface area (Å²) in [6, 6.07) is 90.1. The molecular weight excluding hydrogens is 896 g/mol. The number of anilines is 3. The van der Waals surface area contributed by atoms with Crippen molar-refractivity contribution >= 4 is 83.9 Å². The molecule has 0 aliphatic carbocycles. The van der Waals surface area contributed by atoms with Crippen molar-refractivity contribution in [2.75, 3.05) is 4.90 Å². The molecule has 0 saturated carbocycles. The Morgan fingerprint density at radius 2 is 0.892 bits per heavy atom. The standard InChI is InChI=1S/C70H49BN2O/c1-70(2,3)53-31-34-66-56(41-53)57-42-63-59(43-67(57)74-66)71-60-38-51(46-23-13-6-14-24-46)37-58-55-36-50(45-21-11-5-12-22-45)30-33-62(55)73(69(58)60)65-40-52(47-25-15-7-16-26-47)39-64(68(65)71)72(63)61-32-29-49(44-19-9-4-10-20-44)35-54(61)48-27-17-8-18-28-48/h4-43H,1-3H3. The summed E-state index contributed by atoms with van der Waals surface area (Å²) < 4.78 is 9.60. The maximum absolute atomic E-state index is 7.01. The topological polar surface area (TPSA) is 21.3 Å². The van der Waals surface area contributed by atoms with E-state index in [1.165, 1.54) is 94.0 Å². The van der Waals surface area contributed by atoms with Gasteiger partial charge in [0, 0.05) is 49.7 Å². The van der Waals surface area contributed by atoms with Crippen LogP contribution in [0.3, 0.4) is 0 Å². The van der Waals surface area contributed by atoms with Gasteiger partial charge >= 0.3 is 0 Å². The Morgan fingerprint density at radius 3 is 1.53 bits per heavy atom. The van der Waals surface area contributed by atoms with E-state index in [2.05, 4.69) is 273 Å². The highest BCUT2D eigenvalue weighted by Crippen LogP contribution is 2.49. The lowest BCUT2D eigenvalue weighted by Crippen LogP contribution is -2.60. The van der Waals surface area contributed by atoms with Gasteiger partial charge in [-0.15, -0.1) is 0 Å². The van der Waals surface area contributed by atoms with Crippen LogP contribution in [0.2, 0.25) is 0 Å². The molecule has 2 aliphatic rings. The van der Waals surface area contributed by atoms with E-state index in [1.54, 1.807) is 0 Å². The highest BCUT2D eigenvalue weighted by molar-refractivity contribution is 7.00. The molecule has 3 nitrogen and oxygen atoms in total. The maximum atomic E-state index is 7.01. The Morgan fingerprint density at radius 1 is 0.351 bits per heavy atom. The molecule has 0 unspecified atom stereocenters. The zero-order valence-corrected chi connectivity index (χ0v) is 41.5. The summed E-state index contributed by atoms with van der Waals surface area (Å²) >= 11 is 0. The second-order valence-corrected chi connectivity index (χ2v) is 21.3. The van der Waals surface area contributed by atoms with Crippen molar-refractivity contribution in [1.29, 1.82) is 0 Å². The molecule has 0 radical (unpaired) electrons. The van der Waals surface area contributed by atoms with E-state index in [9.17, 15) is 0 Å². The zero-order valence-electron chi connectivity index (χ0n) is 41.5. The van der Waals surface area contributed by atoms with E-state index in [-0.39, 0.29) is 12.1 Å². The number of fused-ring (bicyclic) bond motifs is 10. The normalized spacial score (nSPS) is 12.7. The van der Waals surface area contributed by atoms with E-state index < -0.39 is 0 Å². The summed E-state index contributed by atoms with van der Waals surface area (Å²) in [6.07, 6.45) is 0. The zero-order chi connectivity index (χ0) is 49.2. The molecule has 0 amide bonds. The Hall–Kier alpha value is -9.12. The van der Waals surface area contributed by atoms with Gasteiger partial charge < -0.3 is 13.9 Å². The molecule has 15 rings (SSSR count). The lowest BCUT2D eigenvalue weighted by atomic mass is 9.33. The molecule has 4 heterocycles. The van der Waals surface area contributed by atoms with Crippen LogP contribution in [0.4, 0.5) is 17.1 Å². The largest absolute Gasteiger partial charge is 0.456 e. The molecular formula is C70H49BN2O. The minimum atomic E-state index is -0.140. The molecule has 2 aliphatic heterocycles.